The second kappa shape index (κ2) is 7.83. The fourth-order valence-corrected chi connectivity index (χ4v) is 6.53. The molecular formula is C31H34N4O. The first kappa shape index (κ1) is 21.9. The molecular weight excluding hydrogens is 444 g/mol. The van der Waals surface area contributed by atoms with Gasteiger partial charge in [0.15, 0.2) is 0 Å². The first-order valence-electron chi connectivity index (χ1n) is 13.4. The summed E-state index contributed by atoms with van der Waals surface area (Å²) in [5, 5.41) is 4.66. The fraction of sp³-hybridized carbons (Fsp3) is 0.419. The van der Waals surface area contributed by atoms with Crippen LogP contribution in [0.4, 0.5) is 5.95 Å². The molecule has 184 valence electrons. The smallest absolute Gasteiger partial charge is 0.206 e. The summed E-state index contributed by atoms with van der Waals surface area (Å²) in [7, 11) is 2.14. The Morgan fingerprint density at radius 1 is 0.972 bits per heavy atom. The van der Waals surface area contributed by atoms with E-state index in [1.165, 1.54) is 64.6 Å². The molecule has 3 aliphatic rings. The fourth-order valence-electron chi connectivity index (χ4n) is 6.53. The predicted octanol–water partition coefficient (Wildman–Crippen LogP) is 7.10. The first-order valence-corrected chi connectivity index (χ1v) is 13.4. The van der Waals surface area contributed by atoms with Crippen LogP contribution in [0.2, 0.25) is 0 Å². The summed E-state index contributed by atoms with van der Waals surface area (Å²) in [5.41, 5.74) is 11.5. The van der Waals surface area contributed by atoms with Crippen molar-refractivity contribution in [2.24, 2.45) is 12.5 Å². The Morgan fingerprint density at radius 2 is 1.69 bits per heavy atom. The Hall–Kier alpha value is -3.34. The van der Waals surface area contributed by atoms with E-state index in [0.29, 0.717) is 11.3 Å². The third-order valence-electron chi connectivity index (χ3n) is 8.78. The molecule has 5 nitrogen and oxygen atoms in total. The van der Waals surface area contributed by atoms with Crippen LogP contribution < -0.4 is 4.90 Å². The van der Waals surface area contributed by atoms with E-state index in [1.807, 2.05) is 0 Å². The molecule has 2 aromatic heterocycles. The van der Waals surface area contributed by atoms with E-state index in [2.05, 4.69) is 84.9 Å². The zero-order chi connectivity index (χ0) is 24.6. The molecule has 5 heteroatoms. The number of piperidine rings is 1. The van der Waals surface area contributed by atoms with Crippen LogP contribution in [0.25, 0.3) is 27.9 Å². The lowest BCUT2D eigenvalue weighted by Crippen LogP contribution is -2.43. The summed E-state index contributed by atoms with van der Waals surface area (Å²) in [6, 6.07) is 13.1. The van der Waals surface area contributed by atoms with Crippen molar-refractivity contribution in [3.8, 4) is 11.3 Å². The molecule has 4 aromatic rings. The molecule has 7 rings (SSSR count). The van der Waals surface area contributed by atoms with Gasteiger partial charge in [-0.15, -0.1) is 0 Å². The zero-order valence-corrected chi connectivity index (χ0v) is 21.8. The molecule has 3 heterocycles. The topological polar surface area (TPSA) is 47.1 Å². The van der Waals surface area contributed by atoms with E-state index in [0.717, 1.165) is 42.4 Å². The van der Waals surface area contributed by atoms with E-state index in [9.17, 15) is 0 Å². The normalized spacial score (nSPS) is 19.1. The summed E-state index contributed by atoms with van der Waals surface area (Å²) < 4.78 is 8.29. The van der Waals surface area contributed by atoms with Crippen molar-refractivity contribution >= 4 is 22.6 Å². The van der Waals surface area contributed by atoms with E-state index in [-0.39, 0.29) is 0 Å². The molecule has 0 atom stereocenters. The third kappa shape index (κ3) is 3.36. The van der Waals surface area contributed by atoms with Crippen molar-refractivity contribution in [3.63, 3.8) is 0 Å². The molecule has 36 heavy (non-hydrogen) atoms. The monoisotopic (exact) mass is 478 g/mol. The molecule has 0 N–H and O–H groups in total. The quantitative estimate of drug-likeness (QED) is 0.314. The zero-order valence-electron chi connectivity index (χ0n) is 21.8. The van der Waals surface area contributed by atoms with Crippen LogP contribution >= 0.6 is 0 Å². The number of hydrogen-bond acceptors (Lipinski definition) is 4. The number of fused-ring (bicyclic) bond motifs is 1. The number of aromatic nitrogens is 3. The van der Waals surface area contributed by atoms with Crippen LogP contribution in [0.3, 0.4) is 0 Å². The van der Waals surface area contributed by atoms with Crippen LogP contribution in [0.5, 0.6) is 0 Å². The summed E-state index contributed by atoms with van der Waals surface area (Å²) in [6.45, 7) is 8.60. The Balaban J connectivity index is 1.17. The number of anilines is 1. The maximum atomic E-state index is 6.03. The summed E-state index contributed by atoms with van der Waals surface area (Å²) >= 11 is 0. The average Bonchev–Trinajstić information content (AvgIpc) is 3.52. The van der Waals surface area contributed by atoms with Crippen LogP contribution in [-0.4, -0.2) is 27.8 Å². The average molecular weight is 479 g/mol. The van der Waals surface area contributed by atoms with Gasteiger partial charge in [-0.2, -0.15) is 0 Å². The number of nitrogens with zero attached hydrogens (tertiary/aromatic N) is 4. The van der Waals surface area contributed by atoms with Gasteiger partial charge in [-0.3, -0.25) is 0 Å². The molecule has 1 aliphatic heterocycles. The minimum absolute atomic E-state index is 0.295. The van der Waals surface area contributed by atoms with Crippen molar-refractivity contribution in [2.45, 2.75) is 58.8 Å². The minimum Gasteiger partial charge on any atom is -0.360 e. The number of hydrogen-bond donors (Lipinski definition) is 0. The van der Waals surface area contributed by atoms with E-state index < -0.39 is 0 Å². The lowest BCUT2D eigenvalue weighted by molar-refractivity contribution is 0.275. The summed E-state index contributed by atoms with van der Waals surface area (Å²) in [5.74, 6) is 2.77. The molecule has 1 saturated heterocycles. The maximum absolute atomic E-state index is 6.03. The van der Waals surface area contributed by atoms with Crippen molar-refractivity contribution in [1.29, 1.82) is 0 Å². The highest BCUT2D eigenvalue weighted by Crippen LogP contribution is 2.56. The van der Waals surface area contributed by atoms with Gasteiger partial charge in [0.05, 0.1) is 11.0 Å². The Bertz CT molecular complexity index is 1510. The van der Waals surface area contributed by atoms with Crippen LogP contribution in [-0.2, 0) is 7.05 Å². The van der Waals surface area contributed by atoms with E-state index >= 15 is 0 Å². The summed E-state index contributed by atoms with van der Waals surface area (Å²) in [4.78, 5) is 7.47. The number of rotatable bonds is 4. The molecule has 0 amide bonds. The van der Waals surface area contributed by atoms with Gasteiger partial charge in [-0.25, -0.2) is 4.98 Å². The molecule has 2 fully saturated rings. The first-order chi connectivity index (χ1) is 17.4. The lowest BCUT2D eigenvalue weighted by atomic mass is 9.63. The second-order valence-corrected chi connectivity index (χ2v) is 11.5. The third-order valence-corrected chi connectivity index (χ3v) is 8.78. The number of aryl methyl sites for hydroxylation is 4. The highest BCUT2D eigenvalue weighted by molar-refractivity contribution is 5.86. The Labute approximate surface area is 212 Å². The predicted molar refractivity (Wildman–Crippen MR) is 145 cm³/mol. The standard InChI is InChI=1S/C31H34N4O/c1-19-8-11-25-24(16-19)32-30(34(25)4)35-14-12-31(13-15-35)17-23(18-31)27-28(33-36-29(27)22-9-10-22)26-20(2)6-5-7-21(26)3/h5-8,11,16-17,22H,9-10,12-15,18H2,1-4H3. The molecule has 0 bridgehead atoms. The van der Waals surface area contributed by atoms with Crippen molar-refractivity contribution < 1.29 is 4.52 Å². The molecule has 2 aliphatic carbocycles. The largest absolute Gasteiger partial charge is 0.360 e. The molecule has 1 spiro atoms. The minimum atomic E-state index is 0.295. The van der Waals surface area contributed by atoms with Gasteiger partial charge in [0.25, 0.3) is 0 Å². The highest BCUT2D eigenvalue weighted by atomic mass is 16.5. The van der Waals surface area contributed by atoms with Gasteiger partial charge in [-0.05, 0) is 92.7 Å². The van der Waals surface area contributed by atoms with Gasteiger partial charge >= 0.3 is 0 Å². The number of benzene rings is 2. The Kier molecular flexibility index (Phi) is 4.76. The van der Waals surface area contributed by atoms with Crippen molar-refractivity contribution in [1.82, 2.24) is 14.7 Å². The van der Waals surface area contributed by atoms with Crippen LogP contribution in [0.15, 0.2) is 47.0 Å². The second-order valence-electron chi connectivity index (χ2n) is 11.5. The summed E-state index contributed by atoms with van der Waals surface area (Å²) in [6.07, 6.45) is 8.47. The van der Waals surface area contributed by atoms with Crippen LogP contribution in [0.1, 0.15) is 66.0 Å². The van der Waals surface area contributed by atoms with Gasteiger partial charge < -0.3 is 14.0 Å². The Morgan fingerprint density at radius 3 is 2.39 bits per heavy atom. The van der Waals surface area contributed by atoms with Gasteiger partial charge in [0.1, 0.15) is 11.5 Å². The SMILES string of the molecule is Cc1ccc2c(c1)nc(N1CCC3(C=C(c4c(-c5c(C)cccc5C)noc4C4CC4)C3)CC1)n2C. The van der Waals surface area contributed by atoms with Gasteiger partial charge in [-0.1, -0.05) is 35.5 Å². The lowest BCUT2D eigenvalue weighted by Gasteiger charge is -2.46. The highest BCUT2D eigenvalue weighted by Gasteiger charge is 2.44. The number of imidazole rings is 1. The van der Waals surface area contributed by atoms with Gasteiger partial charge in [0, 0.05) is 37.2 Å². The van der Waals surface area contributed by atoms with Crippen LogP contribution in [0, 0.1) is 26.2 Å². The molecule has 0 unspecified atom stereocenters. The molecule has 0 radical (unpaired) electrons. The van der Waals surface area contributed by atoms with E-state index in [4.69, 9.17) is 9.51 Å². The molecule has 2 aromatic carbocycles. The molecule has 1 saturated carbocycles. The number of allylic oxidation sites excluding steroid dienone is 2. The van der Waals surface area contributed by atoms with Gasteiger partial charge in [0.2, 0.25) is 5.95 Å². The van der Waals surface area contributed by atoms with E-state index in [1.54, 1.807) is 0 Å². The van der Waals surface area contributed by atoms with Crippen molar-refractivity contribution in [3.05, 3.63) is 70.5 Å². The maximum Gasteiger partial charge on any atom is 0.206 e. The van der Waals surface area contributed by atoms with Crippen molar-refractivity contribution in [2.75, 3.05) is 18.0 Å².